The highest BCUT2D eigenvalue weighted by Gasteiger charge is 1.96. The summed E-state index contributed by atoms with van der Waals surface area (Å²) in [7, 11) is 0. The molecule has 0 radical (unpaired) electrons. The van der Waals surface area contributed by atoms with Gasteiger partial charge in [-0.15, -0.1) is 11.6 Å². The molecule has 0 aromatic heterocycles. The molecule has 1 nitrogen and oxygen atoms in total. The third-order valence-corrected chi connectivity index (χ3v) is 3.22. The van der Waals surface area contributed by atoms with E-state index >= 15 is 0 Å². The predicted octanol–water partition coefficient (Wildman–Crippen LogP) is 3.76. The molecule has 0 heterocycles. The molecule has 2 rings (SSSR count). The van der Waals surface area contributed by atoms with Crippen LogP contribution in [-0.2, 0) is 18.8 Å². The van der Waals surface area contributed by atoms with Crippen LogP contribution in [0.3, 0.4) is 0 Å². The fourth-order valence-corrected chi connectivity index (χ4v) is 2.10. The summed E-state index contributed by atoms with van der Waals surface area (Å²) in [5, 5.41) is 3.46. The molecule has 0 aliphatic heterocycles. The molecule has 0 saturated carbocycles. The number of halogens is 1. The van der Waals surface area contributed by atoms with Crippen LogP contribution in [0.4, 0.5) is 0 Å². The van der Waals surface area contributed by atoms with E-state index in [0.717, 1.165) is 19.5 Å². The summed E-state index contributed by atoms with van der Waals surface area (Å²) in [6.07, 6.45) is 1.07. The average Bonchev–Trinajstić information content (AvgIpc) is 2.45. The lowest BCUT2D eigenvalue weighted by molar-refractivity contribution is 0.686. The molecule has 0 amide bonds. The van der Waals surface area contributed by atoms with Crippen molar-refractivity contribution in [1.29, 1.82) is 0 Å². The van der Waals surface area contributed by atoms with E-state index in [0.29, 0.717) is 5.88 Å². The van der Waals surface area contributed by atoms with Crippen molar-refractivity contribution >= 4 is 11.6 Å². The molecule has 0 atom stereocenters. The maximum atomic E-state index is 5.82. The van der Waals surface area contributed by atoms with E-state index < -0.39 is 0 Å². The zero-order chi connectivity index (χ0) is 12.6. The van der Waals surface area contributed by atoms with Crippen LogP contribution in [0.25, 0.3) is 0 Å². The van der Waals surface area contributed by atoms with Gasteiger partial charge in [0.2, 0.25) is 0 Å². The third-order valence-electron chi connectivity index (χ3n) is 2.91. The monoisotopic (exact) mass is 259 g/mol. The number of hydrogen-bond donors (Lipinski definition) is 1. The Morgan fingerprint density at radius 1 is 0.833 bits per heavy atom. The van der Waals surface area contributed by atoms with Gasteiger partial charge in [-0.2, -0.15) is 0 Å². The first-order valence-corrected chi connectivity index (χ1v) is 6.80. The zero-order valence-electron chi connectivity index (χ0n) is 10.4. The van der Waals surface area contributed by atoms with E-state index in [1.165, 1.54) is 16.7 Å². The molecular weight excluding hydrogens is 242 g/mol. The predicted molar refractivity (Wildman–Crippen MR) is 77.9 cm³/mol. The van der Waals surface area contributed by atoms with Gasteiger partial charge in [-0.3, -0.25) is 0 Å². The quantitative estimate of drug-likeness (QED) is 0.615. The molecule has 2 aromatic carbocycles. The van der Waals surface area contributed by atoms with Gasteiger partial charge in [-0.1, -0.05) is 54.6 Å². The van der Waals surface area contributed by atoms with Crippen LogP contribution in [0, 0.1) is 0 Å². The molecule has 94 valence electrons. The second-order valence-corrected chi connectivity index (χ2v) is 4.63. The van der Waals surface area contributed by atoms with Gasteiger partial charge in [0.1, 0.15) is 0 Å². The Balaban J connectivity index is 1.75. The van der Waals surface area contributed by atoms with E-state index in [4.69, 9.17) is 11.6 Å². The third kappa shape index (κ3) is 4.17. The van der Waals surface area contributed by atoms with Crippen LogP contribution in [0.5, 0.6) is 0 Å². The van der Waals surface area contributed by atoms with E-state index in [1.54, 1.807) is 0 Å². The topological polar surface area (TPSA) is 12.0 Å². The summed E-state index contributed by atoms with van der Waals surface area (Å²) < 4.78 is 0. The average molecular weight is 260 g/mol. The Morgan fingerprint density at radius 3 is 2.33 bits per heavy atom. The van der Waals surface area contributed by atoms with Gasteiger partial charge in [0.15, 0.2) is 0 Å². The Hall–Kier alpha value is -1.31. The van der Waals surface area contributed by atoms with Gasteiger partial charge in [-0.05, 0) is 29.7 Å². The largest absolute Gasteiger partial charge is 0.312 e. The summed E-state index contributed by atoms with van der Waals surface area (Å²) in [6.45, 7) is 1.90. The fraction of sp³-hybridized carbons (Fsp3) is 0.250. The standard InChI is InChI=1S/C16H18ClN/c17-12-15-7-4-8-16(11-15)13-18-10-9-14-5-2-1-3-6-14/h1-8,11,18H,9-10,12-13H2. The molecule has 2 heteroatoms. The molecule has 0 aliphatic rings. The Kier molecular flexibility index (Phi) is 5.25. The summed E-state index contributed by atoms with van der Waals surface area (Å²) in [4.78, 5) is 0. The van der Waals surface area contributed by atoms with Crippen molar-refractivity contribution in [1.82, 2.24) is 5.32 Å². The number of nitrogens with one attached hydrogen (secondary N) is 1. The van der Waals surface area contributed by atoms with Gasteiger partial charge in [-0.25, -0.2) is 0 Å². The second kappa shape index (κ2) is 7.20. The summed E-state index contributed by atoms with van der Waals surface area (Å²) in [5.74, 6) is 0.581. The number of alkyl halides is 1. The molecule has 0 unspecified atom stereocenters. The van der Waals surface area contributed by atoms with Crippen LogP contribution in [0.2, 0.25) is 0 Å². The number of benzene rings is 2. The Labute approximate surface area is 114 Å². The summed E-state index contributed by atoms with van der Waals surface area (Å²) >= 11 is 5.82. The minimum atomic E-state index is 0.581. The van der Waals surface area contributed by atoms with Crippen LogP contribution in [-0.4, -0.2) is 6.54 Å². The van der Waals surface area contributed by atoms with Crippen LogP contribution in [0.1, 0.15) is 16.7 Å². The zero-order valence-corrected chi connectivity index (χ0v) is 11.2. The molecule has 2 aromatic rings. The number of rotatable bonds is 6. The minimum Gasteiger partial charge on any atom is -0.312 e. The number of hydrogen-bond acceptors (Lipinski definition) is 1. The van der Waals surface area contributed by atoms with Crippen molar-refractivity contribution in [3.8, 4) is 0 Å². The van der Waals surface area contributed by atoms with Gasteiger partial charge >= 0.3 is 0 Å². The van der Waals surface area contributed by atoms with Gasteiger partial charge in [0, 0.05) is 12.4 Å². The lowest BCUT2D eigenvalue weighted by atomic mass is 10.1. The van der Waals surface area contributed by atoms with Crippen molar-refractivity contribution in [3.05, 3.63) is 71.3 Å². The first-order chi connectivity index (χ1) is 8.88. The van der Waals surface area contributed by atoms with E-state index in [9.17, 15) is 0 Å². The fourth-order valence-electron chi connectivity index (χ4n) is 1.93. The van der Waals surface area contributed by atoms with Crippen molar-refractivity contribution in [2.75, 3.05) is 6.54 Å². The van der Waals surface area contributed by atoms with Crippen LogP contribution < -0.4 is 5.32 Å². The molecule has 0 bridgehead atoms. The van der Waals surface area contributed by atoms with Gasteiger partial charge < -0.3 is 5.32 Å². The minimum absolute atomic E-state index is 0.581. The molecule has 0 aliphatic carbocycles. The first-order valence-electron chi connectivity index (χ1n) is 6.27. The second-order valence-electron chi connectivity index (χ2n) is 4.37. The smallest absolute Gasteiger partial charge is 0.0474 e. The molecule has 0 spiro atoms. The lowest BCUT2D eigenvalue weighted by Crippen LogP contribution is -2.16. The van der Waals surface area contributed by atoms with Crippen LogP contribution in [0.15, 0.2) is 54.6 Å². The highest BCUT2D eigenvalue weighted by molar-refractivity contribution is 6.17. The summed E-state index contributed by atoms with van der Waals surface area (Å²) in [6, 6.07) is 18.9. The molecular formula is C16H18ClN. The van der Waals surface area contributed by atoms with E-state index in [1.807, 2.05) is 0 Å². The van der Waals surface area contributed by atoms with E-state index in [-0.39, 0.29) is 0 Å². The van der Waals surface area contributed by atoms with Gasteiger partial charge in [0.05, 0.1) is 0 Å². The lowest BCUT2D eigenvalue weighted by Gasteiger charge is -2.06. The van der Waals surface area contributed by atoms with Crippen molar-refractivity contribution in [2.45, 2.75) is 18.8 Å². The normalized spacial score (nSPS) is 10.5. The van der Waals surface area contributed by atoms with Gasteiger partial charge in [0.25, 0.3) is 0 Å². The maximum absolute atomic E-state index is 5.82. The Bertz CT molecular complexity index is 468. The van der Waals surface area contributed by atoms with Crippen molar-refractivity contribution < 1.29 is 0 Å². The Morgan fingerprint density at radius 2 is 1.56 bits per heavy atom. The molecule has 0 fully saturated rings. The van der Waals surface area contributed by atoms with Crippen molar-refractivity contribution in [2.24, 2.45) is 0 Å². The highest BCUT2D eigenvalue weighted by atomic mass is 35.5. The summed E-state index contributed by atoms with van der Waals surface area (Å²) in [5.41, 5.74) is 3.85. The SMILES string of the molecule is ClCc1cccc(CNCCc2ccccc2)c1. The first kappa shape index (κ1) is 13.1. The highest BCUT2D eigenvalue weighted by Crippen LogP contribution is 2.07. The van der Waals surface area contributed by atoms with E-state index in [2.05, 4.69) is 59.9 Å². The molecule has 18 heavy (non-hydrogen) atoms. The van der Waals surface area contributed by atoms with Crippen molar-refractivity contribution in [3.63, 3.8) is 0 Å². The molecule has 1 N–H and O–H groups in total. The van der Waals surface area contributed by atoms with Crippen LogP contribution >= 0.6 is 11.6 Å². The maximum Gasteiger partial charge on any atom is 0.0474 e. The molecule has 0 saturated heterocycles.